The van der Waals surface area contributed by atoms with Gasteiger partial charge in [0.2, 0.25) is 5.88 Å². The van der Waals surface area contributed by atoms with Crippen LogP contribution in [0.4, 0.5) is 4.39 Å². The SMILES string of the molecule is O=c1[nH]c(-c2ccncc2)nc(O)c1-c1cccc(F)c1. The Kier molecular flexibility index (Phi) is 3.19. The molecule has 0 fully saturated rings. The summed E-state index contributed by atoms with van der Waals surface area (Å²) in [6.45, 7) is 0. The predicted molar refractivity (Wildman–Crippen MR) is 75.1 cm³/mol. The normalized spacial score (nSPS) is 10.5. The van der Waals surface area contributed by atoms with Crippen molar-refractivity contribution in [3.63, 3.8) is 0 Å². The van der Waals surface area contributed by atoms with E-state index in [4.69, 9.17) is 0 Å². The van der Waals surface area contributed by atoms with Gasteiger partial charge in [0.1, 0.15) is 17.2 Å². The summed E-state index contributed by atoms with van der Waals surface area (Å²) in [5.41, 5.74) is 0.276. The Hall–Kier alpha value is -3.02. The molecule has 2 aromatic heterocycles. The van der Waals surface area contributed by atoms with Crippen molar-refractivity contribution in [3.05, 3.63) is 65.0 Å². The highest BCUT2D eigenvalue weighted by atomic mass is 19.1. The third-order valence-electron chi connectivity index (χ3n) is 2.97. The Labute approximate surface area is 118 Å². The standard InChI is InChI=1S/C15H10FN3O2/c16-11-3-1-2-10(8-11)12-14(20)18-13(19-15(12)21)9-4-6-17-7-5-9/h1-8H,(H2,18,19,20,21). The van der Waals surface area contributed by atoms with Crippen molar-refractivity contribution in [2.24, 2.45) is 0 Å². The maximum atomic E-state index is 13.2. The number of hydrogen-bond donors (Lipinski definition) is 2. The minimum atomic E-state index is -0.542. The van der Waals surface area contributed by atoms with Crippen molar-refractivity contribution >= 4 is 0 Å². The first-order chi connectivity index (χ1) is 10.1. The van der Waals surface area contributed by atoms with Crippen LogP contribution in [-0.2, 0) is 0 Å². The number of aromatic hydroxyl groups is 1. The first-order valence-corrected chi connectivity index (χ1v) is 6.15. The molecular formula is C15H10FN3O2. The molecule has 0 bridgehead atoms. The molecule has 21 heavy (non-hydrogen) atoms. The van der Waals surface area contributed by atoms with Crippen LogP contribution in [0.1, 0.15) is 0 Å². The first-order valence-electron chi connectivity index (χ1n) is 6.15. The van der Waals surface area contributed by atoms with Gasteiger partial charge in [-0.15, -0.1) is 0 Å². The Bertz CT molecular complexity index is 847. The van der Waals surface area contributed by atoms with E-state index in [9.17, 15) is 14.3 Å². The van der Waals surface area contributed by atoms with Crippen molar-refractivity contribution in [3.8, 4) is 28.4 Å². The molecule has 6 heteroatoms. The number of rotatable bonds is 2. The van der Waals surface area contributed by atoms with Crippen LogP contribution in [-0.4, -0.2) is 20.1 Å². The molecule has 3 rings (SSSR count). The monoisotopic (exact) mass is 283 g/mol. The van der Waals surface area contributed by atoms with Crippen LogP contribution in [0.3, 0.4) is 0 Å². The van der Waals surface area contributed by atoms with E-state index >= 15 is 0 Å². The molecule has 0 unspecified atom stereocenters. The molecule has 2 N–H and O–H groups in total. The summed E-state index contributed by atoms with van der Waals surface area (Å²) in [6, 6.07) is 8.71. The second-order valence-electron chi connectivity index (χ2n) is 4.36. The number of nitrogens with one attached hydrogen (secondary N) is 1. The van der Waals surface area contributed by atoms with Gasteiger partial charge in [-0.2, -0.15) is 4.98 Å². The second kappa shape index (κ2) is 5.16. The van der Waals surface area contributed by atoms with E-state index in [0.29, 0.717) is 5.56 Å². The topological polar surface area (TPSA) is 78.9 Å². The maximum absolute atomic E-state index is 13.2. The van der Waals surface area contributed by atoms with Gasteiger partial charge in [0.05, 0.1) is 0 Å². The fraction of sp³-hybridized carbons (Fsp3) is 0. The molecule has 0 spiro atoms. The van der Waals surface area contributed by atoms with Crippen LogP contribution in [0.2, 0.25) is 0 Å². The number of nitrogens with zero attached hydrogens (tertiary/aromatic N) is 2. The average molecular weight is 283 g/mol. The van der Waals surface area contributed by atoms with E-state index in [1.165, 1.54) is 18.2 Å². The van der Waals surface area contributed by atoms with Gasteiger partial charge in [0, 0.05) is 18.0 Å². The third kappa shape index (κ3) is 2.51. The minimum Gasteiger partial charge on any atom is -0.493 e. The van der Waals surface area contributed by atoms with Gasteiger partial charge in [-0.1, -0.05) is 12.1 Å². The zero-order valence-corrected chi connectivity index (χ0v) is 10.7. The van der Waals surface area contributed by atoms with Crippen LogP contribution in [0.25, 0.3) is 22.5 Å². The number of aromatic nitrogens is 3. The van der Waals surface area contributed by atoms with Gasteiger partial charge in [-0.25, -0.2) is 4.39 Å². The molecule has 0 amide bonds. The summed E-state index contributed by atoms with van der Waals surface area (Å²) in [4.78, 5) is 22.6. The number of H-pyrrole nitrogens is 1. The van der Waals surface area contributed by atoms with Gasteiger partial charge >= 0.3 is 0 Å². The van der Waals surface area contributed by atoms with E-state index in [1.807, 2.05) is 0 Å². The van der Waals surface area contributed by atoms with Crippen molar-refractivity contribution in [2.75, 3.05) is 0 Å². The number of aromatic amines is 1. The summed E-state index contributed by atoms with van der Waals surface area (Å²) in [5, 5.41) is 10.0. The Morgan fingerprint density at radius 3 is 2.52 bits per heavy atom. The highest BCUT2D eigenvalue weighted by molar-refractivity contribution is 5.69. The molecule has 2 heterocycles. The Morgan fingerprint density at radius 2 is 1.86 bits per heavy atom. The largest absolute Gasteiger partial charge is 0.493 e. The first kappa shape index (κ1) is 13.0. The highest BCUT2D eigenvalue weighted by Crippen LogP contribution is 2.25. The van der Waals surface area contributed by atoms with Crippen molar-refractivity contribution < 1.29 is 9.50 Å². The molecular weight excluding hydrogens is 273 g/mol. The number of benzene rings is 1. The van der Waals surface area contributed by atoms with Crippen LogP contribution >= 0.6 is 0 Å². The summed E-state index contributed by atoms with van der Waals surface area (Å²) in [6.07, 6.45) is 3.10. The smallest absolute Gasteiger partial charge is 0.262 e. The minimum absolute atomic E-state index is 0.0627. The lowest BCUT2D eigenvalue weighted by Crippen LogP contribution is -2.12. The molecule has 0 atom stereocenters. The van der Waals surface area contributed by atoms with Gasteiger partial charge in [0.15, 0.2) is 0 Å². The lowest BCUT2D eigenvalue weighted by molar-refractivity contribution is 0.454. The van der Waals surface area contributed by atoms with Crippen molar-refractivity contribution in [1.29, 1.82) is 0 Å². The third-order valence-corrected chi connectivity index (χ3v) is 2.97. The highest BCUT2D eigenvalue weighted by Gasteiger charge is 2.14. The molecule has 1 aromatic carbocycles. The van der Waals surface area contributed by atoms with Crippen molar-refractivity contribution in [1.82, 2.24) is 15.0 Å². The van der Waals surface area contributed by atoms with Crippen LogP contribution in [0.5, 0.6) is 5.88 Å². The zero-order valence-electron chi connectivity index (χ0n) is 10.7. The molecule has 3 aromatic rings. The Morgan fingerprint density at radius 1 is 1.10 bits per heavy atom. The summed E-state index contributed by atoms with van der Waals surface area (Å²) in [7, 11) is 0. The van der Waals surface area contributed by atoms with E-state index in [2.05, 4.69) is 15.0 Å². The van der Waals surface area contributed by atoms with Gasteiger partial charge in [-0.05, 0) is 29.8 Å². The van der Waals surface area contributed by atoms with E-state index in [-0.39, 0.29) is 17.0 Å². The molecule has 0 aliphatic carbocycles. The molecule has 0 aliphatic heterocycles. The Balaban J connectivity index is 2.16. The van der Waals surface area contributed by atoms with Gasteiger partial charge < -0.3 is 10.1 Å². The molecule has 0 saturated heterocycles. The maximum Gasteiger partial charge on any atom is 0.262 e. The molecule has 0 radical (unpaired) electrons. The zero-order chi connectivity index (χ0) is 14.8. The lowest BCUT2D eigenvalue weighted by Gasteiger charge is -2.06. The molecule has 5 nitrogen and oxygen atoms in total. The number of halogens is 1. The number of pyridine rings is 1. The summed E-state index contributed by atoms with van der Waals surface area (Å²) < 4.78 is 13.2. The fourth-order valence-electron chi connectivity index (χ4n) is 2.01. The summed E-state index contributed by atoms with van der Waals surface area (Å²) >= 11 is 0. The molecule has 0 saturated carbocycles. The van der Waals surface area contributed by atoms with Crippen LogP contribution in [0.15, 0.2) is 53.6 Å². The quantitative estimate of drug-likeness (QED) is 0.756. The van der Waals surface area contributed by atoms with E-state index < -0.39 is 17.3 Å². The molecule has 104 valence electrons. The van der Waals surface area contributed by atoms with Gasteiger partial charge in [0.25, 0.3) is 5.56 Å². The van der Waals surface area contributed by atoms with E-state index in [0.717, 1.165) is 6.07 Å². The summed E-state index contributed by atoms with van der Waals surface area (Å²) in [5.74, 6) is -0.722. The van der Waals surface area contributed by atoms with Gasteiger partial charge in [-0.3, -0.25) is 9.78 Å². The van der Waals surface area contributed by atoms with E-state index in [1.54, 1.807) is 24.5 Å². The van der Waals surface area contributed by atoms with Crippen LogP contribution < -0.4 is 5.56 Å². The predicted octanol–water partition coefficient (Wildman–Crippen LogP) is 2.34. The van der Waals surface area contributed by atoms with Crippen LogP contribution in [0, 0.1) is 5.82 Å². The second-order valence-corrected chi connectivity index (χ2v) is 4.36. The van der Waals surface area contributed by atoms with Crippen molar-refractivity contribution in [2.45, 2.75) is 0 Å². The lowest BCUT2D eigenvalue weighted by atomic mass is 10.1. The molecule has 0 aliphatic rings. The number of hydrogen-bond acceptors (Lipinski definition) is 4. The fourth-order valence-corrected chi connectivity index (χ4v) is 2.01. The average Bonchev–Trinajstić information content (AvgIpc) is 2.47.